The van der Waals surface area contributed by atoms with E-state index in [9.17, 15) is 25.2 Å². The topological polar surface area (TPSA) is 151 Å². The van der Waals surface area contributed by atoms with E-state index in [0.717, 1.165) is 30.4 Å². The highest BCUT2D eigenvalue weighted by molar-refractivity contribution is 5.85. The fourth-order valence-corrected chi connectivity index (χ4v) is 10.6. The number of aliphatic hydroxyl groups is 4. The number of esters is 1. The number of aliphatic hydroxyl groups excluding tert-OH is 2. The molecule has 0 unspecified atom stereocenters. The third-order valence-corrected chi connectivity index (χ3v) is 13.0. The van der Waals surface area contributed by atoms with E-state index in [-0.39, 0.29) is 41.7 Å². The average molecular weight is 625 g/mol. The Morgan fingerprint density at radius 1 is 1.07 bits per heavy atom. The van der Waals surface area contributed by atoms with Crippen molar-refractivity contribution in [2.24, 2.45) is 33.6 Å². The predicted molar refractivity (Wildman–Crippen MR) is 164 cm³/mol. The molecule has 6 aliphatic rings. The maximum atomic E-state index is 12.7. The van der Waals surface area contributed by atoms with E-state index in [1.54, 1.807) is 25.4 Å². The van der Waals surface area contributed by atoms with Gasteiger partial charge in [0.15, 0.2) is 6.29 Å². The molecular weight excluding hydrogens is 576 g/mol. The molecular formula is C35H48N2O8. The minimum Gasteiger partial charge on any atom is -0.458 e. The highest BCUT2D eigenvalue weighted by Crippen LogP contribution is 2.70. The van der Waals surface area contributed by atoms with Crippen LogP contribution in [0.2, 0.25) is 0 Å². The molecule has 0 amide bonds. The molecule has 4 saturated carbocycles. The van der Waals surface area contributed by atoms with Crippen molar-refractivity contribution in [2.45, 2.75) is 127 Å². The minimum atomic E-state index is -1.09. The summed E-state index contributed by atoms with van der Waals surface area (Å²) >= 11 is 0. The van der Waals surface area contributed by atoms with Gasteiger partial charge < -0.3 is 34.6 Å². The number of rotatable bonds is 6. The van der Waals surface area contributed by atoms with E-state index < -0.39 is 41.2 Å². The van der Waals surface area contributed by atoms with Gasteiger partial charge in [-0.2, -0.15) is 0 Å². The van der Waals surface area contributed by atoms with Gasteiger partial charge in [0.2, 0.25) is 0 Å². The third-order valence-electron chi connectivity index (χ3n) is 13.0. The van der Waals surface area contributed by atoms with Gasteiger partial charge in [-0.05, 0) is 99.3 Å². The number of fused-ring (bicyclic) bond motifs is 5. The van der Waals surface area contributed by atoms with Crippen molar-refractivity contribution >= 4 is 12.2 Å². The maximum Gasteiger partial charge on any atom is 0.331 e. The molecule has 7 rings (SSSR count). The van der Waals surface area contributed by atoms with Gasteiger partial charge in [0.25, 0.3) is 0 Å². The second-order valence-electron chi connectivity index (χ2n) is 15.0. The molecule has 3 heterocycles. The Bertz CT molecular complexity index is 1330. The highest BCUT2D eigenvalue weighted by Gasteiger charge is 2.71. The molecule has 0 spiro atoms. The molecule has 4 N–H and O–H groups in total. The van der Waals surface area contributed by atoms with Crippen molar-refractivity contribution in [3.8, 4) is 0 Å². The number of carbonyl (C=O) groups excluding carboxylic acids is 1. The van der Waals surface area contributed by atoms with Crippen LogP contribution in [0.4, 0.5) is 0 Å². The number of ether oxygens (including phenoxy) is 3. The molecule has 1 aromatic heterocycles. The largest absolute Gasteiger partial charge is 0.458 e. The molecule has 1 saturated heterocycles. The normalized spacial score (nSPS) is 48.0. The quantitative estimate of drug-likeness (QED) is 0.212. The summed E-state index contributed by atoms with van der Waals surface area (Å²) < 4.78 is 17.5. The first kappa shape index (κ1) is 31.4. The Morgan fingerprint density at radius 2 is 1.84 bits per heavy atom. The first-order chi connectivity index (χ1) is 21.5. The zero-order valence-corrected chi connectivity index (χ0v) is 26.4. The fourth-order valence-electron chi connectivity index (χ4n) is 10.6. The SMILES string of the molecule is C[C@@H]1O[C@@H](O[C@@H]2CC[C@]3(C=NCc4ccncc4)[C@H]4CC[C@]5(C)[C@@H](C6=CC(=O)OC6)CC[C@@]5(O)[C@@H]4CC[C@]3(O)C2)C[C@@H](O)[C@@H]1O. The molecule has 4 aliphatic carbocycles. The molecule has 0 aromatic carbocycles. The van der Waals surface area contributed by atoms with Gasteiger partial charge in [0, 0.05) is 48.4 Å². The van der Waals surface area contributed by atoms with Crippen LogP contribution in [0.25, 0.3) is 0 Å². The van der Waals surface area contributed by atoms with Gasteiger partial charge >= 0.3 is 5.97 Å². The van der Waals surface area contributed by atoms with Crippen molar-refractivity contribution in [2.75, 3.05) is 6.61 Å². The maximum absolute atomic E-state index is 12.7. The van der Waals surface area contributed by atoms with Crippen molar-refractivity contribution in [3.05, 3.63) is 41.7 Å². The molecule has 246 valence electrons. The zero-order chi connectivity index (χ0) is 31.6. The van der Waals surface area contributed by atoms with Crippen molar-refractivity contribution in [1.29, 1.82) is 0 Å². The van der Waals surface area contributed by atoms with E-state index in [0.29, 0.717) is 51.7 Å². The summed E-state index contributed by atoms with van der Waals surface area (Å²) in [6, 6.07) is 3.90. The summed E-state index contributed by atoms with van der Waals surface area (Å²) in [6.45, 7) is 4.73. The van der Waals surface area contributed by atoms with Crippen LogP contribution in [-0.2, 0) is 25.5 Å². The lowest BCUT2D eigenvalue weighted by Crippen LogP contribution is -2.69. The number of aromatic nitrogens is 1. The first-order valence-electron chi connectivity index (χ1n) is 16.9. The van der Waals surface area contributed by atoms with Crippen molar-refractivity contribution in [1.82, 2.24) is 4.98 Å². The fraction of sp³-hybridized carbons (Fsp3) is 0.743. The number of cyclic esters (lactones) is 1. The van der Waals surface area contributed by atoms with E-state index in [1.807, 2.05) is 18.3 Å². The first-order valence-corrected chi connectivity index (χ1v) is 16.9. The molecule has 1 aromatic rings. The Hall–Kier alpha value is -2.21. The van der Waals surface area contributed by atoms with Crippen LogP contribution in [0.15, 0.2) is 41.2 Å². The lowest BCUT2D eigenvalue weighted by molar-refractivity contribution is -0.282. The lowest BCUT2D eigenvalue weighted by atomic mass is 9.41. The molecule has 10 heteroatoms. The van der Waals surface area contributed by atoms with Gasteiger partial charge in [0.05, 0.1) is 36.1 Å². The van der Waals surface area contributed by atoms with Crippen molar-refractivity contribution in [3.63, 3.8) is 0 Å². The molecule has 2 aliphatic heterocycles. The number of carbonyl (C=O) groups is 1. The van der Waals surface area contributed by atoms with E-state index >= 15 is 0 Å². The summed E-state index contributed by atoms with van der Waals surface area (Å²) in [5.41, 5.74) is -0.971. The van der Waals surface area contributed by atoms with Crippen LogP contribution in [-0.4, -0.2) is 86.1 Å². The molecule has 0 radical (unpaired) electrons. The van der Waals surface area contributed by atoms with Crippen LogP contribution < -0.4 is 0 Å². The van der Waals surface area contributed by atoms with Crippen LogP contribution in [0.3, 0.4) is 0 Å². The summed E-state index contributed by atoms with van der Waals surface area (Å²) in [5, 5.41) is 45.9. The highest BCUT2D eigenvalue weighted by atomic mass is 16.7. The molecule has 10 nitrogen and oxygen atoms in total. The Labute approximate surface area is 264 Å². The van der Waals surface area contributed by atoms with Crippen LogP contribution in [0, 0.1) is 28.6 Å². The summed E-state index contributed by atoms with van der Waals surface area (Å²) in [5.74, 6) is -0.164. The third kappa shape index (κ3) is 5.02. The predicted octanol–water partition coefficient (Wildman–Crippen LogP) is 3.25. The number of hydrogen-bond acceptors (Lipinski definition) is 10. The zero-order valence-electron chi connectivity index (χ0n) is 26.4. The van der Waals surface area contributed by atoms with Crippen LogP contribution in [0.5, 0.6) is 0 Å². The number of nitrogens with zero attached hydrogens (tertiary/aromatic N) is 2. The van der Waals surface area contributed by atoms with Gasteiger partial charge in [-0.3, -0.25) is 9.98 Å². The molecule has 5 fully saturated rings. The number of pyridine rings is 1. The van der Waals surface area contributed by atoms with Crippen molar-refractivity contribution < 1.29 is 39.4 Å². The van der Waals surface area contributed by atoms with Gasteiger partial charge in [-0.15, -0.1) is 0 Å². The van der Waals surface area contributed by atoms with Crippen LogP contribution >= 0.6 is 0 Å². The standard InChI is InChI=1S/C35H48N2O8/c1-21-31(40)28(38)16-30(44-21)45-24-3-10-33(20-37-18-22-7-13-36-14-8-22)26-4-9-32(2)25(23-15-29(39)43-19-23)6-12-35(32,42)27(26)5-11-34(33,41)17-24/h7-8,13-15,20-21,24-28,30-31,38,40-42H,3-6,9-12,16-19H2,1-2H3/t21-,24+,25+,26-,27+,28+,30-,31+,32+,33-,34-,35+/m0/s1. The average Bonchev–Trinajstić information content (AvgIpc) is 3.56. The minimum absolute atomic E-state index is 0.0100. The van der Waals surface area contributed by atoms with E-state index in [4.69, 9.17) is 19.2 Å². The van der Waals surface area contributed by atoms with Gasteiger partial charge in [0.1, 0.15) is 12.7 Å². The monoisotopic (exact) mass is 624 g/mol. The second kappa shape index (κ2) is 11.5. The second-order valence-corrected chi connectivity index (χ2v) is 15.0. The van der Waals surface area contributed by atoms with E-state index in [2.05, 4.69) is 11.9 Å². The van der Waals surface area contributed by atoms with Crippen LogP contribution in [0.1, 0.15) is 83.6 Å². The smallest absolute Gasteiger partial charge is 0.331 e. The number of aliphatic imine (C=N–C) groups is 1. The number of hydrogen-bond donors (Lipinski definition) is 4. The summed E-state index contributed by atoms with van der Waals surface area (Å²) in [6.07, 6.45) is 10.2. The lowest BCUT2D eigenvalue weighted by Gasteiger charge is -2.66. The molecule has 12 atom stereocenters. The molecule has 0 bridgehead atoms. The van der Waals surface area contributed by atoms with Gasteiger partial charge in [-0.1, -0.05) is 6.92 Å². The summed E-state index contributed by atoms with van der Waals surface area (Å²) in [4.78, 5) is 21.1. The molecule has 45 heavy (non-hydrogen) atoms. The Balaban J connectivity index is 1.17. The van der Waals surface area contributed by atoms with Gasteiger partial charge in [-0.25, -0.2) is 4.79 Å². The summed E-state index contributed by atoms with van der Waals surface area (Å²) in [7, 11) is 0. The Morgan fingerprint density at radius 3 is 2.58 bits per heavy atom. The van der Waals surface area contributed by atoms with E-state index in [1.165, 1.54) is 0 Å². The Kier molecular flexibility index (Phi) is 8.02.